The van der Waals surface area contributed by atoms with Crippen LogP contribution in [0.4, 0.5) is 0 Å². The fourth-order valence-corrected chi connectivity index (χ4v) is 2.07. The van der Waals surface area contributed by atoms with Crippen molar-refractivity contribution < 1.29 is 0 Å². The highest BCUT2D eigenvalue weighted by Gasteiger charge is 2.09. The predicted molar refractivity (Wildman–Crippen MR) is 95.6 cm³/mol. The Hall–Kier alpha value is -2.15. The molecule has 1 heteroatoms. The van der Waals surface area contributed by atoms with Gasteiger partial charge in [0.15, 0.2) is 0 Å². The van der Waals surface area contributed by atoms with E-state index in [4.69, 9.17) is 4.99 Å². The summed E-state index contributed by atoms with van der Waals surface area (Å²) >= 11 is 0. The average Bonchev–Trinajstić information content (AvgIpc) is 2.85. The fraction of sp³-hybridized carbons (Fsp3) is 0.250. The van der Waals surface area contributed by atoms with Crippen LogP contribution in [-0.4, -0.2) is 5.71 Å². The van der Waals surface area contributed by atoms with E-state index in [0.29, 0.717) is 0 Å². The van der Waals surface area contributed by atoms with Gasteiger partial charge in [-0.25, -0.2) is 4.99 Å². The Morgan fingerprint density at radius 2 is 1.90 bits per heavy atom. The van der Waals surface area contributed by atoms with Gasteiger partial charge in [-0.1, -0.05) is 75.1 Å². The molecule has 0 saturated carbocycles. The summed E-state index contributed by atoms with van der Waals surface area (Å²) in [5.74, 6) is 0. The summed E-state index contributed by atoms with van der Waals surface area (Å²) in [6.45, 7) is 9.74. The van der Waals surface area contributed by atoms with Crippen LogP contribution < -0.4 is 0 Å². The van der Waals surface area contributed by atoms with Gasteiger partial charge < -0.3 is 0 Å². The van der Waals surface area contributed by atoms with E-state index in [0.717, 1.165) is 29.8 Å². The van der Waals surface area contributed by atoms with E-state index in [-0.39, 0.29) is 0 Å². The van der Waals surface area contributed by atoms with Gasteiger partial charge in [-0.3, -0.25) is 0 Å². The zero-order chi connectivity index (χ0) is 15.5. The summed E-state index contributed by atoms with van der Waals surface area (Å²) in [7, 11) is 0. The monoisotopic (exact) mass is 279 g/mol. The van der Waals surface area contributed by atoms with Crippen LogP contribution in [-0.2, 0) is 0 Å². The summed E-state index contributed by atoms with van der Waals surface area (Å²) in [5.41, 5.74) is 4.41. The fourth-order valence-electron chi connectivity index (χ4n) is 2.07. The standard InChI is InChI=1S/C18H19N.C2H6/c1-3-5-10-15(4-2)17-14-9-12-16-11-7-6-8-13-18(16)19-17;1-2/h3-5,7-8,10-14H,1,6,9H2,2H3;1-2H3/b10-5-,15-4+;. The van der Waals surface area contributed by atoms with Crippen molar-refractivity contribution >= 4 is 5.71 Å². The maximum atomic E-state index is 4.80. The lowest BCUT2D eigenvalue weighted by atomic mass is 10.1. The van der Waals surface area contributed by atoms with Gasteiger partial charge in [0.05, 0.1) is 11.4 Å². The van der Waals surface area contributed by atoms with E-state index < -0.39 is 0 Å². The molecule has 0 aromatic heterocycles. The molecule has 0 atom stereocenters. The van der Waals surface area contributed by atoms with Gasteiger partial charge in [-0.2, -0.15) is 0 Å². The second-order valence-corrected chi connectivity index (χ2v) is 4.36. The molecule has 0 spiro atoms. The third-order valence-electron chi connectivity index (χ3n) is 3.05. The second-order valence-electron chi connectivity index (χ2n) is 4.36. The first-order valence-electron chi connectivity index (χ1n) is 7.63. The Kier molecular flexibility index (Phi) is 7.81. The third-order valence-corrected chi connectivity index (χ3v) is 3.05. The lowest BCUT2D eigenvalue weighted by Crippen LogP contribution is -1.96. The first kappa shape index (κ1) is 16.9. The highest BCUT2D eigenvalue weighted by molar-refractivity contribution is 6.11. The van der Waals surface area contributed by atoms with E-state index >= 15 is 0 Å². The molecule has 0 aromatic carbocycles. The van der Waals surface area contributed by atoms with Gasteiger partial charge in [0, 0.05) is 0 Å². The van der Waals surface area contributed by atoms with Crippen LogP contribution in [0.15, 0.2) is 89.2 Å². The van der Waals surface area contributed by atoms with Gasteiger partial charge in [0.2, 0.25) is 0 Å². The molecule has 0 amide bonds. The van der Waals surface area contributed by atoms with Gasteiger partial charge >= 0.3 is 0 Å². The van der Waals surface area contributed by atoms with Crippen molar-refractivity contribution in [3.8, 4) is 0 Å². The zero-order valence-corrected chi connectivity index (χ0v) is 13.3. The van der Waals surface area contributed by atoms with E-state index in [1.54, 1.807) is 6.08 Å². The number of hydrogen-bond donors (Lipinski definition) is 0. The molecule has 21 heavy (non-hydrogen) atoms. The van der Waals surface area contributed by atoms with Crippen molar-refractivity contribution in [1.82, 2.24) is 0 Å². The normalized spacial score (nSPS) is 17.7. The minimum absolute atomic E-state index is 0.912. The van der Waals surface area contributed by atoms with E-state index in [1.807, 2.05) is 32.9 Å². The number of nitrogens with zero attached hydrogens (tertiary/aromatic N) is 1. The molecular weight excluding hydrogens is 254 g/mol. The molecule has 0 unspecified atom stereocenters. The van der Waals surface area contributed by atoms with Crippen LogP contribution in [0.25, 0.3) is 0 Å². The van der Waals surface area contributed by atoms with Crippen LogP contribution in [0, 0.1) is 0 Å². The zero-order valence-electron chi connectivity index (χ0n) is 13.3. The number of aliphatic imine (C=N–C) groups is 1. The molecule has 1 aliphatic heterocycles. The summed E-state index contributed by atoms with van der Waals surface area (Å²) in [6.07, 6.45) is 22.7. The van der Waals surface area contributed by atoms with Crippen molar-refractivity contribution in [1.29, 1.82) is 0 Å². The first-order chi connectivity index (χ1) is 10.3. The van der Waals surface area contributed by atoms with Crippen LogP contribution in [0.3, 0.4) is 0 Å². The van der Waals surface area contributed by atoms with E-state index in [2.05, 4.69) is 49.1 Å². The van der Waals surface area contributed by atoms with Gasteiger partial charge in [-0.15, -0.1) is 0 Å². The second kappa shape index (κ2) is 9.71. The highest BCUT2D eigenvalue weighted by Crippen LogP contribution is 2.21. The largest absolute Gasteiger partial charge is 0.248 e. The first-order valence-corrected chi connectivity index (χ1v) is 7.63. The molecule has 1 heterocycles. The van der Waals surface area contributed by atoms with Gasteiger partial charge in [0.25, 0.3) is 0 Å². The Morgan fingerprint density at radius 1 is 1.14 bits per heavy atom. The molecule has 110 valence electrons. The molecule has 0 N–H and O–H groups in total. The van der Waals surface area contributed by atoms with Crippen molar-refractivity contribution in [2.75, 3.05) is 0 Å². The minimum atomic E-state index is 0.912. The van der Waals surface area contributed by atoms with Gasteiger partial charge in [-0.05, 0) is 37.0 Å². The van der Waals surface area contributed by atoms with Crippen LogP contribution in [0.5, 0.6) is 0 Å². The van der Waals surface area contributed by atoms with E-state index in [1.165, 1.54) is 5.57 Å². The Labute approximate surface area is 129 Å². The maximum absolute atomic E-state index is 4.80. The Morgan fingerprint density at radius 3 is 2.62 bits per heavy atom. The lowest BCUT2D eigenvalue weighted by molar-refractivity contribution is 1.27. The molecule has 0 fully saturated rings. The highest BCUT2D eigenvalue weighted by atomic mass is 14.8. The molecular formula is C20H25N. The molecule has 1 nitrogen and oxygen atoms in total. The molecule has 0 bridgehead atoms. The molecule has 1 aliphatic carbocycles. The third kappa shape index (κ3) is 5.03. The molecule has 0 aromatic rings. The van der Waals surface area contributed by atoms with Crippen LogP contribution in [0.1, 0.15) is 33.6 Å². The van der Waals surface area contributed by atoms with E-state index in [9.17, 15) is 0 Å². The van der Waals surface area contributed by atoms with Crippen molar-refractivity contribution in [3.63, 3.8) is 0 Å². The predicted octanol–water partition coefficient (Wildman–Crippen LogP) is 5.87. The average molecular weight is 279 g/mol. The van der Waals surface area contributed by atoms with Crippen molar-refractivity contribution in [3.05, 3.63) is 84.2 Å². The molecule has 0 saturated heterocycles. The van der Waals surface area contributed by atoms with Crippen molar-refractivity contribution in [2.45, 2.75) is 33.6 Å². The molecule has 2 rings (SSSR count). The lowest BCUT2D eigenvalue weighted by Gasteiger charge is -2.04. The summed E-state index contributed by atoms with van der Waals surface area (Å²) in [6, 6.07) is 0. The Balaban J connectivity index is 0.00000106. The number of fused-ring (bicyclic) bond motifs is 1. The summed E-state index contributed by atoms with van der Waals surface area (Å²) in [4.78, 5) is 4.80. The topological polar surface area (TPSA) is 12.4 Å². The summed E-state index contributed by atoms with van der Waals surface area (Å²) < 4.78 is 0. The molecule has 0 radical (unpaired) electrons. The SMILES string of the molecule is C=C/C=C\C(=C/C)C1=CCC=C2C=CCC=CC2=N1.CC. The number of hydrogen-bond acceptors (Lipinski definition) is 1. The number of rotatable bonds is 3. The molecule has 2 aliphatic rings. The Bertz CT molecular complexity index is 561. The van der Waals surface area contributed by atoms with Crippen LogP contribution in [0.2, 0.25) is 0 Å². The smallest absolute Gasteiger partial charge is 0.0703 e. The van der Waals surface area contributed by atoms with Crippen LogP contribution >= 0.6 is 0 Å². The quantitative estimate of drug-likeness (QED) is 0.573. The van der Waals surface area contributed by atoms with Crippen molar-refractivity contribution in [2.24, 2.45) is 4.99 Å². The summed E-state index contributed by atoms with van der Waals surface area (Å²) in [5, 5.41) is 0. The maximum Gasteiger partial charge on any atom is 0.0703 e. The van der Waals surface area contributed by atoms with Gasteiger partial charge in [0.1, 0.15) is 0 Å². The number of allylic oxidation sites excluding steroid dienone is 11. The minimum Gasteiger partial charge on any atom is -0.248 e.